The lowest BCUT2D eigenvalue weighted by Crippen LogP contribution is -2.65. The highest BCUT2D eigenvalue weighted by molar-refractivity contribution is 5.86. The number of fused-ring (bicyclic) bond motifs is 5. The van der Waals surface area contributed by atoms with Crippen LogP contribution in [0.5, 0.6) is 0 Å². The molecule has 35 atom stereocenters. The average molecular weight is 1430 g/mol. The quantitative estimate of drug-likeness (QED) is 0.0168. The Bertz CT molecular complexity index is 2710. The molecule has 0 unspecified atom stereocenters. The summed E-state index contributed by atoms with van der Waals surface area (Å²) in [7, 11) is 0. The van der Waals surface area contributed by atoms with Crippen molar-refractivity contribution in [1.82, 2.24) is 5.32 Å². The first kappa shape index (κ1) is 80.4. The molecule has 99 heavy (non-hydrogen) atoms. The van der Waals surface area contributed by atoms with Crippen molar-refractivity contribution in [2.75, 3.05) is 46.2 Å². The Hall–Kier alpha value is -2.70. The van der Waals surface area contributed by atoms with Crippen molar-refractivity contribution in [2.45, 2.75) is 291 Å². The maximum Gasteiger partial charge on any atom is 0.302 e. The minimum Gasteiger partial charge on any atom is -0.463 e. The van der Waals surface area contributed by atoms with Gasteiger partial charge in [-0.1, -0.05) is 59.8 Å². The molecule has 570 valence electrons. The molecule has 9 rings (SSSR count). The summed E-state index contributed by atoms with van der Waals surface area (Å²) in [5.41, 5.74) is -2.63. The molecule has 4 aliphatic carbocycles. The lowest BCUT2D eigenvalue weighted by molar-refractivity contribution is -0.380. The van der Waals surface area contributed by atoms with E-state index in [0.29, 0.717) is 32.1 Å². The number of hydrogen-bond acceptors (Lipinski definition) is 31. The van der Waals surface area contributed by atoms with Crippen LogP contribution in [0.15, 0.2) is 24.3 Å². The van der Waals surface area contributed by atoms with Crippen LogP contribution in [-0.4, -0.2) is 322 Å². The van der Waals surface area contributed by atoms with E-state index in [-0.39, 0.29) is 55.3 Å². The molecule has 9 aliphatic rings. The van der Waals surface area contributed by atoms with E-state index >= 15 is 0 Å². The molecule has 0 radical (unpaired) electrons. The summed E-state index contributed by atoms with van der Waals surface area (Å²) in [5, 5.41) is 191. The van der Waals surface area contributed by atoms with Gasteiger partial charge in [-0.3, -0.25) is 9.59 Å². The van der Waals surface area contributed by atoms with Gasteiger partial charge in [-0.15, -0.1) is 0 Å². The molecule has 32 nitrogen and oxygen atoms in total. The fraction of sp³-hybridized carbons (Fsp3) is 0.910. The van der Waals surface area contributed by atoms with E-state index in [2.05, 4.69) is 45.7 Å². The van der Waals surface area contributed by atoms with Gasteiger partial charge in [-0.2, -0.15) is 0 Å². The van der Waals surface area contributed by atoms with Crippen molar-refractivity contribution in [3.63, 3.8) is 0 Å². The number of amides is 1. The molecule has 0 aromatic heterocycles. The predicted octanol–water partition coefficient (Wildman–Crippen LogP) is -4.51. The largest absolute Gasteiger partial charge is 0.463 e. The van der Waals surface area contributed by atoms with E-state index < -0.39 is 232 Å². The number of carbonyl (C=O) groups excluding carboxylic acids is 2. The zero-order chi connectivity index (χ0) is 72.9. The first-order valence-electron chi connectivity index (χ1n) is 34.7. The second-order valence-corrected chi connectivity index (χ2v) is 30.7. The van der Waals surface area contributed by atoms with Gasteiger partial charge in [0.05, 0.1) is 56.9 Å². The Labute approximate surface area is 575 Å². The van der Waals surface area contributed by atoms with Crippen LogP contribution < -0.4 is 5.32 Å². The van der Waals surface area contributed by atoms with Gasteiger partial charge < -0.3 is 149 Å². The lowest BCUT2D eigenvalue weighted by Gasteiger charge is -2.67. The normalized spacial score (nSPS) is 47.6. The summed E-state index contributed by atoms with van der Waals surface area (Å²) in [6.45, 7) is 17.7. The molecule has 8 fully saturated rings. The summed E-state index contributed by atoms with van der Waals surface area (Å²) in [6.07, 6.45) is -37.0. The number of aliphatic hydroxyl groups is 17. The number of aliphatic hydroxyl groups excluding tert-OH is 16. The smallest absolute Gasteiger partial charge is 0.302 e. The van der Waals surface area contributed by atoms with Crippen molar-refractivity contribution in [1.29, 1.82) is 0 Å². The van der Waals surface area contributed by atoms with E-state index in [1.54, 1.807) is 0 Å². The molecule has 3 saturated carbocycles. The second-order valence-electron chi connectivity index (χ2n) is 30.7. The number of carbonyl (C=O) groups is 2. The molecule has 0 aromatic carbocycles. The summed E-state index contributed by atoms with van der Waals surface area (Å²) in [4.78, 5) is 23.1. The maximum absolute atomic E-state index is 12.9. The fourth-order valence-electron chi connectivity index (χ4n) is 17.7. The Morgan fingerprint density at radius 3 is 1.67 bits per heavy atom. The zero-order valence-corrected chi connectivity index (χ0v) is 57.8. The fourth-order valence-corrected chi connectivity index (χ4v) is 17.7. The molecule has 0 spiro atoms. The molecular formula is C67H111NO31. The summed E-state index contributed by atoms with van der Waals surface area (Å²) >= 11 is 0. The van der Waals surface area contributed by atoms with Gasteiger partial charge in [0.1, 0.15) is 129 Å². The molecule has 5 heterocycles. The lowest BCUT2D eigenvalue weighted by atomic mass is 9.38. The van der Waals surface area contributed by atoms with Crippen LogP contribution in [0.25, 0.3) is 0 Å². The van der Waals surface area contributed by atoms with Crippen LogP contribution in [0.2, 0.25) is 0 Å². The minimum atomic E-state index is -1.98. The van der Waals surface area contributed by atoms with E-state index in [1.165, 1.54) is 13.8 Å². The number of ether oxygens (including phenoxy) is 12. The van der Waals surface area contributed by atoms with E-state index in [4.69, 9.17) is 56.8 Å². The average Bonchev–Trinajstić information content (AvgIpc) is 1.65. The van der Waals surface area contributed by atoms with E-state index in [9.17, 15) is 96.4 Å². The third-order valence-electron chi connectivity index (χ3n) is 24.0. The molecule has 0 bridgehead atoms. The standard InChI is InChI=1S/C67H111NO31/c1-11-42(72)68-20-21-88-24-34-44(74)50(80)56(86)61(94-34)99-57-52(82)47(77)37(27-90-58-53(83)48(78)43(73)33(23-69)92-58)96-62(57)98-41(64(6,7)87)16-12-28(2)30-18-19-65(8)38-15-13-31-32(67(38,10)39(71)22-66(30,65)9)14-17-40(63(31,4)5)97-60-55(85)51(81)46(76)36(95-60)26-91-59-54(84)49(79)45(75)35(93-59)25-89-29(3)70/h11,13,28,30,32-41,43-62,69,71,73-87H,1,12,14-27H2,2-10H3,(H,68,72)/t28-,30-,32-,33-,34-,35-,36-,37-,38+,39-,40+,41-,43-,44-,45-,46-,47-,48+,49+,50+,51+,52+,53-,54-,55-,56-,57-,58-,59-,60+,61+,62+,65+,66-,67+/m1/s1. The van der Waals surface area contributed by atoms with Gasteiger partial charge in [-0.25, -0.2) is 0 Å². The summed E-state index contributed by atoms with van der Waals surface area (Å²) < 4.78 is 70.9. The number of esters is 1. The predicted molar refractivity (Wildman–Crippen MR) is 337 cm³/mol. The van der Waals surface area contributed by atoms with E-state index in [1.807, 2.05) is 13.8 Å². The number of nitrogens with one attached hydrogen (secondary N) is 1. The van der Waals surface area contributed by atoms with Crippen LogP contribution in [0.3, 0.4) is 0 Å². The van der Waals surface area contributed by atoms with Crippen molar-refractivity contribution >= 4 is 11.9 Å². The summed E-state index contributed by atoms with van der Waals surface area (Å²) in [6, 6.07) is 0. The van der Waals surface area contributed by atoms with Crippen LogP contribution in [0, 0.1) is 45.3 Å². The molecular weight excluding hydrogens is 1310 g/mol. The third-order valence-corrected chi connectivity index (χ3v) is 24.0. The van der Waals surface area contributed by atoms with Crippen LogP contribution in [-0.2, 0) is 66.4 Å². The number of rotatable bonds is 26. The van der Waals surface area contributed by atoms with Crippen LogP contribution >= 0.6 is 0 Å². The van der Waals surface area contributed by atoms with E-state index in [0.717, 1.165) is 31.4 Å². The van der Waals surface area contributed by atoms with Crippen LogP contribution in [0.1, 0.15) is 114 Å². The molecule has 5 aliphatic heterocycles. The van der Waals surface area contributed by atoms with Crippen molar-refractivity contribution < 1.29 is 153 Å². The van der Waals surface area contributed by atoms with Gasteiger partial charge in [0, 0.05) is 24.3 Å². The minimum absolute atomic E-state index is 0.00887. The highest BCUT2D eigenvalue weighted by atomic mass is 16.8. The van der Waals surface area contributed by atoms with Gasteiger partial charge in [0.2, 0.25) is 5.91 Å². The third kappa shape index (κ3) is 16.1. The molecule has 1 amide bonds. The molecule has 0 aromatic rings. The van der Waals surface area contributed by atoms with Crippen molar-refractivity contribution in [3.05, 3.63) is 24.3 Å². The van der Waals surface area contributed by atoms with Gasteiger partial charge in [0.25, 0.3) is 0 Å². The first-order chi connectivity index (χ1) is 46.4. The number of hydrogen-bond donors (Lipinski definition) is 18. The first-order valence-corrected chi connectivity index (χ1v) is 34.7. The zero-order valence-electron chi connectivity index (χ0n) is 57.8. The molecule has 18 N–H and O–H groups in total. The maximum atomic E-state index is 12.9. The van der Waals surface area contributed by atoms with Crippen molar-refractivity contribution in [3.8, 4) is 0 Å². The second kappa shape index (κ2) is 32.2. The van der Waals surface area contributed by atoms with Gasteiger partial charge in [0.15, 0.2) is 31.5 Å². The van der Waals surface area contributed by atoms with Gasteiger partial charge >= 0.3 is 5.97 Å². The Kier molecular flexibility index (Phi) is 26.1. The monoisotopic (exact) mass is 1430 g/mol. The number of allylic oxidation sites excluding steroid dienone is 1. The molecule has 5 saturated heterocycles. The summed E-state index contributed by atoms with van der Waals surface area (Å²) in [5.74, 6) is -1.25. The topological polar surface area (TPSA) is 501 Å². The SMILES string of the molecule is C=CC(=O)NCCOC[C@H]1O[C@@H](O[C@H]2[C@H](O[C@H](CC[C@@H](C)[C@H]3CC[C@@]4(C)[C@@H]5CC=C6[C@@H](CC[C@H](O[C@@H]7O[C@H](CO[C@@H]8O[C@H](COC(C)=O)[C@@H](O)[C@H](O)[C@H]8O)[C@@H](O)[C@H](O)[C@H]7O)C6(C)C)[C@]5(C)[C@H](O)C[C@]34C)C(C)(C)O)O[C@H](CO[C@@H]3O[C@H](CO)[C@@H](O)[C@H](O)[C@H]3O)[C@@H](O)[C@@H]2O)[C@H](O)[C@@H](O)[C@@H]1O. The highest BCUT2D eigenvalue weighted by Crippen LogP contribution is 2.75. The Balaban J connectivity index is 0.881. The van der Waals surface area contributed by atoms with Crippen LogP contribution in [0.4, 0.5) is 0 Å². The Morgan fingerprint density at radius 2 is 1.12 bits per heavy atom. The van der Waals surface area contributed by atoms with Crippen molar-refractivity contribution in [2.24, 2.45) is 45.3 Å². The molecule has 32 heteroatoms. The highest BCUT2D eigenvalue weighted by Gasteiger charge is 2.71. The van der Waals surface area contributed by atoms with Gasteiger partial charge in [-0.05, 0) is 106 Å². The Morgan fingerprint density at radius 1 is 0.626 bits per heavy atom.